The highest BCUT2D eigenvalue weighted by Crippen LogP contribution is 2.28. The minimum atomic E-state index is 0.276. The van der Waals surface area contributed by atoms with Crippen LogP contribution < -0.4 is 4.90 Å². The SMILES string of the molecule is CC(C)c1noc(CN2CCN(c3nc(-c4ccccc4)c4ccccc4n3)CC2)n1. The summed E-state index contributed by atoms with van der Waals surface area (Å²) in [5.41, 5.74) is 3.06. The lowest BCUT2D eigenvalue weighted by Crippen LogP contribution is -2.46. The van der Waals surface area contributed by atoms with Crippen molar-refractivity contribution >= 4 is 16.9 Å². The number of hydrogen-bond donors (Lipinski definition) is 0. The second-order valence-electron chi connectivity index (χ2n) is 8.22. The summed E-state index contributed by atoms with van der Waals surface area (Å²) < 4.78 is 5.41. The maximum Gasteiger partial charge on any atom is 0.240 e. The predicted octanol–water partition coefficient (Wildman–Crippen LogP) is 4.13. The van der Waals surface area contributed by atoms with Crippen LogP contribution in [0.25, 0.3) is 22.2 Å². The molecule has 0 atom stereocenters. The molecule has 1 aliphatic heterocycles. The summed E-state index contributed by atoms with van der Waals surface area (Å²) in [4.78, 5) is 19.0. The molecule has 31 heavy (non-hydrogen) atoms. The van der Waals surface area contributed by atoms with Crippen molar-refractivity contribution in [2.45, 2.75) is 26.3 Å². The first-order valence-corrected chi connectivity index (χ1v) is 10.8. The summed E-state index contributed by atoms with van der Waals surface area (Å²) >= 11 is 0. The zero-order valence-electron chi connectivity index (χ0n) is 17.9. The Morgan fingerprint density at radius 1 is 0.871 bits per heavy atom. The first-order chi connectivity index (χ1) is 15.2. The Labute approximate surface area is 181 Å². The van der Waals surface area contributed by atoms with Gasteiger partial charge >= 0.3 is 0 Å². The molecule has 0 radical (unpaired) electrons. The molecule has 2 aromatic carbocycles. The zero-order valence-corrected chi connectivity index (χ0v) is 17.9. The van der Waals surface area contributed by atoms with Gasteiger partial charge in [0.2, 0.25) is 11.8 Å². The molecule has 7 nitrogen and oxygen atoms in total. The van der Waals surface area contributed by atoms with Gasteiger partial charge < -0.3 is 9.42 Å². The van der Waals surface area contributed by atoms with E-state index in [1.54, 1.807) is 0 Å². The molecule has 0 aliphatic carbocycles. The largest absolute Gasteiger partial charge is 0.338 e. The summed E-state index contributed by atoms with van der Waals surface area (Å²) in [5, 5.41) is 5.15. The first kappa shape index (κ1) is 19.6. The minimum absolute atomic E-state index is 0.276. The molecule has 1 aliphatic rings. The third-order valence-electron chi connectivity index (χ3n) is 5.65. The second kappa shape index (κ2) is 8.43. The van der Waals surface area contributed by atoms with E-state index in [-0.39, 0.29) is 5.92 Å². The molecule has 0 spiro atoms. The standard InChI is InChI=1S/C24H26N6O/c1-17(2)23-26-21(31-28-23)16-29-12-14-30(15-13-29)24-25-20-11-7-6-10-19(20)22(27-24)18-8-4-3-5-9-18/h3-11,17H,12-16H2,1-2H3. The van der Waals surface area contributed by atoms with Gasteiger partial charge in [0.25, 0.3) is 0 Å². The van der Waals surface area contributed by atoms with E-state index in [1.165, 1.54) is 0 Å². The summed E-state index contributed by atoms with van der Waals surface area (Å²) in [6.45, 7) is 8.34. The lowest BCUT2D eigenvalue weighted by atomic mass is 10.1. The van der Waals surface area contributed by atoms with Crippen LogP contribution in [0.5, 0.6) is 0 Å². The number of aromatic nitrogens is 4. The molecule has 4 aromatic rings. The fourth-order valence-corrected chi connectivity index (χ4v) is 3.89. The highest BCUT2D eigenvalue weighted by molar-refractivity contribution is 5.93. The molecule has 0 saturated carbocycles. The van der Waals surface area contributed by atoms with Crippen LogP contribution in [0.3, 0.4) is 0 Å². The summed E-state index contributed by atoms with van der Waals surface area (Å²) in [5.74, 6) is 2.52. The number of para-hydroxylation sites is 1. The van der Waals surface area contributed by atoms with E-state index in [2.05, 4.69) is 58.1 Å². The molecule has 1 fully saturated rings. The van der Waals surface area contributed by atoms with Crippen LogP contribution in [-0.2, 0) is 6.54 Å². The monoisotopic (exact) mass is 414 g/mol. The smallest absolute Gasteiger partial charge is 0.240 e. The molecule has 1 saturated heterocycles. The second-order valence-corrected chi connectivity index (χ2v) is 8.22. The Hall–Kier alpha value is -3.32. The number of benzene rings is 2. The van der Waals surface area contributed by atoms with E-state index >= 15 is 0 Å². The van der Waals surface area contributed by atoms with Crippen LogP contribution in [0.4, 0.5) is 5.95 Å². The van der Waals surface area contributed by atoms with Gasteiger partial charge in [0.15, 0.2) is 5.82 Å². The third kappa shape index (κ3) is 4.14. The van der Waals surface area contributed by atoms with E-state index in [0.29, 0.717) is 12.4 Å². The van der Waals surface area contributed by atoms with Gasteiger partial charge in [-0.05, 0) is 6.07 Å². The number of hydrogen-bond acceptors (Lipinski definition) is 7. The number of nitrogens with zero attached hydrogens (tertiary/aromatic N) is 6. The lowest BCUT2D eigenvalue weighted by Gasteiger charge is -2.34. The molecule has 0 unspecified atom stereocenters. The Kier molecular flexibility index (Phi) is 5.34. The van der Waals surface area contributed by atoms with Crippen molar-refractivity contribution in [1.29, 1.82) is 0 Å². The average molecular weight is 415 g/mol. The van der Waals surface area contributed by atoms with E-state index < -0.39 is 0 Å². The average Bonchev–Trinajstić information content (AvgIpc) is 3.28. The number of fused-ring (bicyclic) bond motifs is 1. The van der Waals surface area contributed by atoms with Gasteiger partial charge in [-0.15, -0.1) is 0 Å². The van der Waals surface area contributed by atoms with Crippen LogP contribution in [0.2, 0.25) is 0 Å². The van der Waals surface area contributed by atoms with Gasteiger partial charge in [-0.3, -0.25) is 4.90 Å². The number of rotatable bonds is 5. The first-order valence-electron chi connectivity index (χ1n) is 10.8. The van der Waals surface area contributed by atoms with E-state index in [0.717, 1.165) is 60.1 Å². The maximum absolute atomic E-state index is 5.41. The maximum atomic E-state index is 5.41. The van der Waals surface area contributed by atoms with Crippen LogP contribution in [0, 0.1) is 0 Å². The van der Waals surface area contributed by atoms with Gasteiger partial charge in [-0.25, -0.2) is 9.97 Å². The summed E-state index contributed by atoms with van der Waals surface area (Å²) in [6, 6.07) is 18.6. The molecular weight excluding hydrogens is 388 g/mol. The Morgan fingerprint density at radius 2 is 1.61 bits per heavy atom. The molecule has 0 bridgehead atoms. The number of anilines is 1. The summed E-state index contributed by atoms with van der Waals surface area (Å²) in [7, 11) is 0. The van der Waals surface area contributed by atoms with Gasteiger partial charge in [0.05, 0.1) is 17.8 Å². The van der Waals surface area contributed by atoms with Crippen molar-refractivity contribution in [2.75, 3.05) is 31.1 Å². The molecule has 7 heteroatoms. The molecule has 0 N–H and O–H groups in total. The number of piperazine rings is 1. The predicted molar refractivity (Wildman–Crippen MR) is 121 cm³/mol. The van der Waals surface area contributed by atoms with Crippen LogP contribution in [0.1, 0.15) is 31.5 Å². The topological polar surface area (TPSA) is 71.2 Å². The van der Waals surface area contributed by atoms with Crippen LogP contribution in [-0.4, -0.2) is 51.2 Å². The van der Waals surface area contributed by atoms with E-state index in [4.69, 9.17) is 14.5 Å². The molecule has 158 valence electrons. The van der Waals surface area contributed by atoms with Crippen molar-refractivity contribution in [1.82, 2.24) is 25.0 Å². The van der Waals surface area contributed by atoms with Crippen molar-refractivity contribution in [3.05, 3.63) is 66.3 Å². The van der Waals surface area contributed by atoms with Crippen molar-refractivity contribution in [2.24, 2.45) is 0 Å². The lowest BCUT2D eigenvalue weighted by molar-refractivity contribution is 0.214. The quantitative estimate of drug-likeness (QED) is 0.486. The van der Waals surface area contributed by atoms with Gasteiger partial charge in [-0.2, -0.15) is 4.98 Å². The Bertz CT molecular complexity index is 1170. The highest BCUT2D eigenvalue weighted by Gasteiger charge is 2.22. The third-order valence-corrected chi connectivity index (χ3v) is 5.65. The van der Waals surface area contributed by atoms with Crippen LogP contribution in [0.15, 0.2) is 59.1 Å². The van der Waals surface area contributed by atoms with E-state index in [9.17, 15) is 0 Å². The van der Waals surface area contributed by atoms with Crippen molar-refractivity contribution in [3.63, 3.8) is 0 Å². The van der Waals surface area contributed by atoms with Gasteiger partial charge in [0, 0.05) is 43.0 Å². The molecule has 5 rings (SSSR count). The normalized spacial score (nSPS) is 15.1. The van der Waals surface area contributed by atoms with Crippen molar-refractivity contribution < 1.29 is 4.52 Å². The van der Waals surface area contributed by atoms with Gasteiger partial charge in [0.1, 0.15) is 0 Å². The fraction of sp³-hybridized carbons (Fsp3) is 0.333. The molecular formula is C24H26N6O. The molecule has 2 aromatic heterocycles. The molecule has 3 heterocycles. The minimum Gasteiger partial charge on any atom is -0.338 e. The Balaban J connectivity index is 1.35. The van der Waals surface area contributed by atoms with Gasteiger partial charge in [-0.1, -0.05) is 67.5 Å². The van der Waals surface area contributed by atoms with Crippen LogP contribution >= 0.6 is 0 Å². The van der Waals surface area contributed by atoms with Crippen molar-refractivity contribution in [3.8, 4) is 11.3 Å². The van der Waals surface area contributed by atoms with E-state index in [1.807, 2.05) is 30.3 Å². The Morgan fingerprint density at radius 3 is 2.35 bits per heavy atom. The zero-order chi connectivity index (χ0) is 21.2. The fourth-order valence-electron chi connectivity index (χ4n) is 3.89. The molecule has 0 amide bonds. The summed E-state index contributed by atoms with van der Waals surface area (Å²) in [6.07, 6.45) is 0. The highest BCUT2D eigenvalue weighted by atomic mass is 16.5.